The number of nitrogens with one attached hydrogen (secondary N) is 1. The Kier molecular flexibility index (Phi) is 2.91. The zero-order chi connectivity index (χ0) is 7.23. The van der Waals surface area contributed by atoms with Crippen LogP contribution in [0.25, 0.3) is 0 Å². The fourth-order valence-electron chi connectivity index (χ4n) is 0.536. The van der Waals surface area contributed by atoms with Crippen LogP contribution in [0.2, 0.25) is 0 Å². The number of aromatic nitrogens is 2. The molecule has 10 heavy (non-hydrogen) atoms. The van der Waals surface area contributed by atoms with Crippen LogP contribution in [0.5, 0.6) is 0 Å². The Morgan fingerprint density at radius 1 is 1.70 bits per heavy atom. The molecule has 1 N–H and O–H groups in total. The summed E-state index contributed by atoms with van der Waals surface area (Å²) in [4.78, 5) is 6.82. The van der Waals surface area contributed by atoms with Crippen LogP contribution in [0.1, 0.15) is 12.2 Å². The largest absolute Gasteiger partial charge is 0.338 e. The summed E-state index contributed by atoms with van der Waals surface area (Å²) in [5, 5.41) is 0. The Morgan fingerprint density at radius 3 is 3.20 bits per heavy atom. The Morgan fingerprint density at radius 2 is 2.60 bits per heavy atom. The lowest BCUT2D eigenvalue weighted by molar-refractivity contribution is 1.24. The van der Waals surface area contributed by atoms with E-state index in [2.05, 4.69) is 34.4 Å². The molecule has 0 fully saturated rings. The van der Waals surface area contributed by atoms with E-state index in [-0.39, 0.29) is 0 Å². The van der Waals surface area contributed by atoms with Crippen molar-refractivity contribution < 1.29 is 0 Å². The molecule has 0 aromatic carbocycles. The summed E-state index contributed by atoms with van der Waals surface area (Å²) < 4.78 is 0. The summed E-state index contributed by atoms with van der Waals surface area (Å²) in [5.74, 6) is 7.30. The van der Waals surface area contributed by atoms with Crippen LogP contribution in [-0.2, 0) is 0 Å². The van der Waals surface area contributed by atoms with Crippen molar-refractivity contribution in [3.05, 3.63) is 18.2 Å². The number of nitrogens with zero attached hydrogens (tertiary/aromatic N) is 1. The Hall–Kier alpha value is -0.880. The lowest BCUT2D eigenvalue weighted by Gasteiger charge is -1.77. The van der Waals surface area contributed by atoms with E-state index in [9.17, 15) is 0 Å². The molecular formula is C7H8N2S. The number of aromatic amines is 1. The molecule has 2 nitrogen and oxygen atoms in total. The maximum Gasteiger partial charge on any atom is 0.182 e. The number of rotatable bonds is 1. The first-order chi connectivity index (χ1) is 4.93. The van der Waals surface area contributed by atoms with Crippen molar-refractivity contribution in [3.8, 4) is 11.8 Å². The van der Waals surface area contributed by atoms with Crippen LogP contribution >= 0.6 is 12.6 Å². The molecule has 0 aliphatic heterocycles. The van der Waals surface area contributed by atoms with Crippen molar-refractivity contribution >= 4 is 12.6 Å². The molecule has 52 valence electrons. The van der Waals surface area contributed by atoms with Gasteiger partial charge in [-0.1, -0.05) is 5.92 Å². The zero-order valence-electron chi connectivity index (χ0n) is 5.46. The van der Waals surface area contributed by atoms with Gasteiger partial charge >= 0.3 is 0 Å². The molecule has 0 radical (unpaired) electrons. The van der Waals surface area contributed by atoms with Crippen molar-refractivity contribution in [3.63, 3.8) is 0 Å². The van der Waals surface area contributed by atoms with Gasteiger partial charge in [0.05, 0.1) is 0 Å². The lowest BCUT2D eigenvalue weighted by Crippen LogP contribution is -1.75. The zero-order valence-corrected chi connectivity index (χ0v) is 6.36. The summed E-state index contributed by atoms with van der Waals surface area (Å²) in [7, 11) is 0. The molecule has 1 rings (SSSR count). The third-order valence-corrected chi connectivity index (χ3v) is 1.17. The molecule has 0 aliphatic carbocycles. The number of H-pyrrole nitrogens is 1. The molecule has 1 heterocycles. The van der Waals surface area contributed by atoms with E-state index in [1.165, 1.54) is 0 Å². The fourth-order valence-corrected chi connectivity index (χ4v) is 0.648. The quantitative estimate of drug-likeness (QED) is 0.457. The summed E-state index contributed by atoms with van der Waals surface area (Å²) in [6.07, 6.45) is 4.25. The van der Waals surface area contributed by atoms with Crippen molar-refractivity contribution in [2.75, 3.05) is 5.75 Å². The molecule has 0 saturated heterocycles. The molecule has 0 atom stereocenters. The average molecular weight is 152 g/mol. The third kappa shape index (κ3) is 2.16. The molecule has 1 aromatic rings. The Labute approximate surface area is 65.5 Å². The van der Waals surface area contributed by atoms with E-state index >= 15 is 0 Å². The van der Waals surface area contributed by atoms with Gasteiger partial charge in [-0.25, -0.2) is 4.98 Å². The highest BCUT2D eigenvalue weighted by Crippen LogP contribution is 1.85. The van der Waals surface area contributed by atoms with Crippen LogP contribution in [0.3, 0.4) is 0 Å². The molecule has 0 spiro atoms. The molecule has 3 heteroatoms. The van der Waals surface area contributed by atoms with Crippen molar-refractivity contribution in [2.24, 2.45) is 0 Å². The minimum Gasteiger partial charge on any atom is -0.338 e. The van der Waals surface area contributed by atoms with Crippen molar-refractivity contribution in [1.82, 2.24) is 9.97 Å². The van der Waals surface area contributed by atoms with Gasteiger partial charge in [-0.15, -0.1) is 0 Å². The fraction of sp³-hybridized carbons (Fsp3) is 0.286. The highest BCUT2D eigenvalue weighted by Gasteiger charge is 1.82. The first-order valence-electron chi connectivity index (χ1n) is 3.02. The van der Waals surface area contributed by atoms with Crippen LogP contribution in [0.4, 0.5) is 0 Å². The van der Waals surface area contributed by atoms with Crippen molar-refractivity contribution in [1.29, 1.82) is 0 Å². The molecule has 0 saturated carbocycles. The van der Waals surface area contributed by atoms with Crippen LogP contribution in [0, 0.1) is 11.8 Å². The van der Waals surface area contributed by atoms with Crippen LogP contribution in [0.15, 0.2) is 12.4 Å². The average Bonchev–Trinajstić information content (AvgIpc) is 2.41. The first-order valence-corrected chi connectivity index (χ1v) is 3.66. The van der Waals surface area contributed by atoms with Gasteiger partial charge in [0.2, 0.25) is 0 Å². The predicted octanol–water partition coefficient (Wildman–Crippen LogP) is 1.08. The smallest absolute Gasteiger partial charge is 0.182 e. The summed E-state index contributed by atoms with van der Waals surface area (Å²) in [6.45, 7) is 0. The maximum absolute atomic E-state index is 4.02. The highest BCUT2D eigenvalue weighted by atomic mass is 32.1. The van der Waals surface area contributed by atoms with Gasteiger partial charge in [-0.3, -0.25) is 0 Å². The Bertz CT molecular complexity index is 230. The molecule has 0 amide bonds. The molecule has 0 aliphatic rings. The topological polar surface area (TPSA) is 28.7 Å². The SMILES string of the molecule is SCCC#Cc1ncc[nH]1. The van der Waals surface area contributed by atoms with Gasteiger partial charge in [-0.05, 0) is 5.92 Å². The lowest BCUT2D eigenvalue weighted by atomic mass is 10.4. The van der Waals surface area contributed by atoms with E-state index in [0.29, 0.717) is 0 Å². The van der Waals surface area contributed by atoms with Crippen LogP contribution in [-0.4, -0.2) is 15.7 Å². The summed E-state index contributed by atoms with van der Waals surface area (Å²) in [5.41, 5.74) is 0. The van der Waals surface area contributed by atoms with E-state index in [4.69, 9.17) is 0 Å². The number of hydrogen-bond acceptors (Lipinski definition) is 2. The predicted molar refractivity (Wildman–Crippen MR) is 43.9 cm³/mol. The summed E-state index contributed by atoms with van der Waals surface area (Å²) in [6, 6.07) is 0. The van der Waals surface area contributed by atoms with Gasteiger partial charge in [0, 0.05) is 24.6 Å². The standard InChI is InChI=1S/C7H8N2S/c10-6-2-1-3-7-8-4-5-9-7/h4-5,10H,2,6H2,(H,8,9). The first kappa shape index (κ1) is 7.23. The highest BCUT2D eigenvalue weighted by molar-refractivity contribution is 7.80. The second kappa shape index (κ2) is 4.02. The van der Waals surface area contributed by atoms with Gasteiger partial charge in [0.1, 0.15) is 0 Å². The second-order valence-electron chi connectivity index (χ2n) is 1.71. The van der Waals surface area contributed by atoms with E-state index in [0.717, 1.165) is 18.0 Å². The number of thiol groups is 1. The van der Waals surface area contributed by atoms with Gasteiger partial charge in [0.15, 0.2) is 5.82 Å². The number of hydrogen-bond donors (Lipinski definition) is 2. The second-order valence-corrected chi connectivity index (χ2v) is 2.16. The normalized spacial score (nSPS) is 8.50. The van der Waals surface area contributed by atoms with E-state index in [1.54, 1.807) is 12.4 Å². The van der Waals surface area contributed by atoms with Crippen molar-refractivity contribution in [2.45, 2.75) is 6.42 Å². The summed E-state index contributed by atoms with van der Waals surface area (Å²) >= 11 is 4.02. The minimum absolute atomic E-state index is 0.724. The third-order valence-electron chi connectivity index (χ3n) is 0.942. The molecular weight excluding hydrogens is 144 g/mol. The van der Waals surface area contributed by atoms with E-state index < -0.39 is 0 Å². The maximum atomic E-state index is 4.02. The monoisotopic (exact) mass is 152 g/mol. The molecule has 0 bridgehead atoms. The van der Waals surface area contributed by atoms with Crippen LogP contribution < -0.4 is 0 Å². The number of imidazole rings is 1. The van der Waals surface area contributed by atoms with E-state index in [1.807, 2.05) is 0 Å². The molecule has 0 unspecified atom stereocenters. The minimum atomic E-state index is 0.724. The molecule has 1 aromatic heterocycles. The van der Waals surface area contributed by atoms with Gasteiger partial charge in [0.25, 0.3) is 0 Å². The van der Waals surface area contributed by atoms with Gasteiger partial charge in [-0.2, -0.15) is 12.6 Å². The van der Waals surface area contributed by atoms with Gasteiger partial charge < -0.3 is 4.98 Å². The Balaban J connectivity index is 2.49.